The molecule has 88 valence electrons. The number of benzene rings is 1. The van der Waals surface area contributed by atoms with Crippen LogP contribution in [-0.4, -0.2) is 9.55 Å². The Kier molecular flexibility index (Phi) is 3.94. The Morgan fingerprint density at radius 2 is 2.00 bits per heavy atom. The standard InChI is InChI=1S/C13H13ClN2O/c14-12-9-13(17)16(10-15-12)8-4-7-11-5-2-1-3-6-11/h1-3,5-6,9-10H,4,7-8H2. The van der Waals surface area contributed by atoms with Gasteiger partial charge in [0, 0.05) is 12.6 Å². The van der Waals surface area contributed by atoms with Crippen molar-refractivity contribution in [3.8, 4) is 0 Å². The molecule has 0 unspecified atom stereocenters. The van der Waals surface area contributed by atoms with E-state index in [9.17, 15) is 4.79 Å². The van der Waals surface area contributed by atoms with E-state index in [2.05, 4.69) is 17.1 Å². The predicted molar refractivity (Wildman–Crippen MR) is 68.3 cm³/mol. The highest BCUT2D eigenvalue weighted by Crippen LogP contribution is 2.03. The minimum atomic E-state index is -0.0990. The number of nitrogens with zero attached hydrogens (tertiary/aromatic N) is 2. The summed E-state index contributed by atoms with van der Waals surface area (Å²) in [6, 6.07) is 11.5. The van der Waals surface area contributed by atoms with Crippen LogP contribution >= 0.6 is 11.6 Å². The molecule has 0 bridgehead atoms. The highest BCUT2D eigenvalue weighted by Gasteiger charge is 1.98. The van der Waals surface area contributed by atoms with E-state index in [0.29, 0.717) is 6.54 Å². The SMILES string of the molecule is O=c1cc(Cl)ncn1CCCc1ccccc1. The molecule has 1 aromatic heterocycles. The Bertz CT molecular complexity index is 537. The molecule has 0 saturated carbocycles. The average Bonchev–Trinajstić information content (AvgIpc) is 2.33. The summed E-state index contributed by atoms with van der Waals surface area (Å²) in [5.74, 6) is 0. The molecule has 0 aliphatic carbocycles. The molecule has 1 aromatic carbocycles. The summed E-state index contributed by atoms with van der Waals surface area (Å²) in [6.07, 6.45) is 3.36. The van der Waals surface area contributed by atoms with Gasteiger partial charge >= 0.3 is 0 Å². The molecule has 0 aliphatic heterocycles. The van der Waals surface area contributed by atoms with Crippen molar-refractivity contribution in [2.45, 2.75) is 19.4 Å². The van der Waals surface area contributed by atoms with Crippen LogP contribution in [0.25, 0.3) is 0 Å². The van der Waals surface area contributed by atoms with E-state index >= 15 is 0 Å². The Morgan fingerprint density at radius 1 is 1.24 bits per heavy atom. The maximum absolute atomic E-state index is 11.5. The van der Waals surface area contributed by atoms with Crippen LogP contribution in [0.3, 0.4) is 0 Å². The first-order valence-electron chi connectivity index (χ1n) is 5.51. The van der Waals surface area contributed by atoms with E-state index in [0.717, 1.165) is 12.8 Å². The average molecular weight is 249 g/mol. The van der Waals surface area contributed by atoms with Crippen LogP contribution in [0.2, 0.25) is 5.15 Å². The minimum Gasteiger partial charge on any atom is -0.299 e. The highest BCUT2D eigenvalue weighted by molar-refractivity contribution is 6.29. The second-order valence-electron chi connectivity index (χ2n) is 3.83. The van der Waals surface area contributed by atoms with Gasteiger partial charge < -0.3 is 0 Å². The quantitative estimate of drug-likeness (QED) is 0.780. The van der Waals surface area contributed by atoms with Crippen LogP contribution in [0.4, 0.5) is 0 Å². The second-order valence-corrected chi connectivity index (χ2v) is 4.22. The summed E-state index contributed by atoms with van der Waals surface area (Å²) in [7, 11) is 0. The van der Waals surface area contributed by atoms with Crippen molar-refractivity contribution in [3.63, 3.8) is 0 Å². The Hall–Kier alpha value is -1.61. The van der Waals surface area contributed by atoms with E-state index in [1.165, 1.54) is 18.0 Å². The number of aryl methyl sites for hydroxylation is 2. The molecule has 0 spiro atoms. The predicted octanol–water partition coefficient (Wildman–Crippen LogP) is 2.53. The topological polar surface area (TPSA) is 34.9 Å². The van der Waals surface area contributed by atoms with Gasteiger partial charge in [0.25, 0.3) is 5.56 Å². The summed E-state index contributed by atoms with van der Waals surface area (Å²) >= 11 is 5.62. The fourth-order valence-corrected chi connectivity index (χ4v) is 1.81. The Labute approximate surface area is 105 Å². The number of rotatable bonds is 4. The summed E-state index contributed by atoms with van der Waals surface area (Å²) < 4.78 is 1.58. The van der Waals surface area contributed by atoms with Gasteiger partial charge in [-0.25, -0.2) is 4.98 Å². The van der Waals surface area contributed by atoms with Gasteiger partial charge in [0.15, 0.2) is 0 Å². The van der Waals surface area contributed by atoms with Crippen LogP contribution in [0, 0.1) is 0 Å². The number of hydrogen-bond donors (Lipinski definition) is 0. The van der Waals surface area contributed by atoms with E-state index in [1.807, 2.05) is 18.2 Å². The minimum absolute atomic E-state index is 0.0990. The molecule has 0 amide bonds. The first kappa shape index (κ1) is 11.9. The molecule has 4 heteroatoms. The van der Waals surface area contributed by atoms with E-state index in [1.54, 1.807) is 4.57 Å². The van der Waals surface area contributed by atoms with Crippen molar-refractivity contribution in [1.29, 1.82) is 0 Å². The third-order valence-corrected chi connectivity index (χ3v) is 2.76. The zero-order valence-electron chi connectivity index (χ0n) is 9.34. The molecular formula is C13H13ClN2O. The van der Waals surface area contributed by atoms with Gasteiger partial charge in [-0.15, -0.1) is 0 Å². The second kappa shape index (κ2) is 5.64. The zero-order valence-corrected chi connectivity index (χ0v) is 10.1. The molecular weight excluding hydrogens is 236 g/mol. The fraction of sp³-hybridized carbons (Fsp3) is 0.231. The molecule has 1 heterocycles. The molecule has 0 fully saturated rings. The van der Waals surface area contributed by atoms with Gasteiger partial charge in [0.05, 0.1) is 6.33 Å². The van der Waals surface area contributed by atoms with Gasteiger partial charge in [-0.1, -0.05) is 41.9 Å². The van der Waals surface area contributed by atoms with Crippen LogP contribution in [0.1, 0.15) is 12.0 Å². The highest BCUT2D eigenvalue weighted by atomic mass is 35.5. The summed E-state index contributed by atoms with van der Waals surface area (Å²) in [4.78, 5) is 15.4. The lowest BCUT2D eigenvalue weighted by Crippen LogP contribution is -2.19. The third kappa shape index (κ3) is 3.43. The lowest BCUT2D eigenvalue weighted by Gasteiger charge is -2.04. The maximum atomic E-state index is 11.5. The first-order valence-corrected chi connectivity index (χ1v) is 5.89. The molecule has 3 nitrogen and oxygen atoms in total. The fourth-order valence-electron chi connectivity index (χ4n) is 1.67. The lowest BCUT2D eigenvalue weighted by molar-refractivity contribution is 0.611. The molecule has 2 aromatic rings. The van der Waals surface area contributed by atoms with Crippen molar-refractivity contribution in [3.05, 3.63) is 63.8 Å². The molecule has 0 radical (unpaired) electrons. The smallest absolute Gasteiger partial charge is 0.254 e. The van der Waals surface area contributed by atoms with E-state index in [4.69, 9.17) is 11.6 Å². The summed E-state index contributed by atoms with van der Waals surface area (Å²) in [5.41, 5.74) is 1.18. The van der Waals surface area contributed by atoms with Gasteiger partial charge in [0.2, 0.25) is 0 Å². The monoisotopic (exact) mass is 248 g/mol. The van der Waals surface area contributed by atoms with Crippen LogP contribution in [0.15, 0.2) is 47.5 Å². The number of aromatic nitrogens is 2. The van der Waals surface area contributed by atoms with Gasteiger partial charge in [-0.05, 0) is 18.4 Å². The molecule has 2 rings (SSSR count). The van der Waals surface area contributed by atoms with Crippen LogP contribution in [0.5, 0.6) is 0 Å². The van der Waals surface area contributed by atoms with Gasteiger partial charge in [-0.2, -0.15) is 0 Å². The van der Waals surface area contributed by atoms with Crippen molar-refractivity contribution in [1.82, 2.24) is 9.55 Å². The lowest BCUT2D eigenvalue weighted by atomic mass is 10.1. The van der Waals surface area contributed by atoms with E-state index < -0.39 is 0 Å². The van der Waals surface area contributed by atoms with Crippen molar-refractivity contribution < 1.29 is 0 Å². The maximum Gasteiger partial charge on any atom is 0.254 e. The first-order chi connectivity index (χ1) is 8.25. The van der Waals surface area contributed by atoms with Gasteiger partial charge in [-0.3, -0.25) is 9.36 Å². The Morgan fingerprint density at radius 3 is 2.71 bits per heavy atom. The number of hydrogen-bond acceptors (Lipinski definition) is 2. The summed E-state index contributed by atoms with van der Waals surface area (Å²) in [5, 5.41) is 0.245. The Balaban J connectivity index is 1.93. The molecule has 0 atom stereocenters. The molecule has 0 saturated heterocycles. The summed E-state index contributed by atoms with van der Waals surface area (Å²) in [6.45, 7) is 0.665. The van der Waals surface area contributed by atoms with Crippen molar-refractivity contribution in [2.24, 2.45) is 0 Å². The zero-order chi connectivity index (χ0) is 12.1. The van der Waals surface area contributed by atoms with Crippen LogP contribution in [-0.2, 0) is 13.0 Å². The van der Waals surface area contributed by atoms with Crippen molar-refractivity contribution in [2.75, 3.05) is 0 Å². The molecule has 17 heavy (non-hydrogen) atoms. The molecule has 0 N–H and O–H groups in total. The van der Waals surface area contributed by atoms with Crippen molar-refractivity contribution >= 4 is 11.6 Å². The van der Waals surface area contributed by atoms with Gasteiger partial charge in [0.1, 0.15) is 5.15 Å². The molecule has 0 aliphatic rings. The largest absolute Gasteiger partial charge is 0.299 e. The van der Waals surface area contributed by atoms with E-state index in [-0.39, 0.29) is 10.7 Å². The normalized spacial score (nSPS) is 10.4. The third-order valence-electron chi connectivity index (χ3n) is 2.55. The number of halogens is 1. The van der Waals surface area contributed by atoms with Crippen LogP contribution < -0.4 is 5.56 Å².